The van der Waals surface area contributed by atoms with Crippen LogP contribution in [0.2, 0.25) is 0 Å². The molecule has 0 radical (unpaired) electrons. The molecule has 1 atom stereocenters. The fourth-order valence-electron chi connectivity index (χ4n) is 2.70. The molecule has 1 saturated heterocycles. The predicted molar refractivity (Wildman–Crippen MR) is 65.8 cm³/mol. The van der Waals surface area contributed by atoms with Gasteiger partial charge in [0.2, 0.25) is 11.8 Å². The van der Waals surface area contributed by atoms with Gasteiger partial charge in [-0.25, -0.2) is 0 Å². The van der Waals surface area contributed by atoms with E-state index in [4.69, 9.17) is 0 Å². The Morgan fingerprint density at radius 1 is 1.11 bits per heavy atom. The van der Waals surface area contributed by atoms with Crippen molar-refractivity contribution in [2.75, 3.05) is 26.2 Å². The first-order valence-corrected chi connectivity index (χ1v) is 6.70. The van der Waals surface area contributed by atoms with E-state index in [1.165, 1.54) is 0 Å². The Hall–Kier alpha value is -1.39. The molecule has 1 aliphatic carbocycles. The van der Waals surface area contributed by atoms with Crippen molar-refractivity contribution in [3.63, 3.8) is 0 Å². The zero-order valence-corrected chi connectivity index (χ0v) is 10.9. The maximum atomic E-state index is 11.8. The van der Waals surface area contributed by atoms with Crippen LogP contribution in [0.25, 0.3) is 0 Å². The number of rotatable bonds is 4. The van der Waals surface area contributed by atoms with Crippen LogP contribution in [0.4, 0.5) is 0 Å². The van der Waals surface area contributed by atoms with Gasteiger partial charge in [0.1, 0.15) is 5.78 Å². The Labute approximate surface area is 107 Å². The first kappa shape index (κ1) is 13.1. The molecule has 1 unspecified atom stereocenters. The van der Waals surface area contributed by atoms with E-state index in [1.54, 1.807) is 9.80 Å². The van der Waals surface area contributed by atoms with E-state index in [2.05, 4.69) is 0 Å². The van der Waals surface area contributed by atoms with Gasteiger partial charge in [-0.2, -0.15) is 0 Å². The molecule has 1 saturated carbocycles. The maximum Gasteiger partial charge on any atom is 0.242 e. The molecular weight excluding hydrogens is 232 g/mol. The average Bonchev–Trinajstić information content (AvgIpc) is 2.75. The standard InChI is InChI=1S/C13H20N2O3/c1-2-14-8-13(18)15(9-12(14)17)7-6-10-4-3-5-11(10)16/h10H,2-9H2,1H3. The van der Waals surface area contributed by atoms with E-state index < -0.39 is 0 Å². The van der Waals surface area contributed by atoms with Crippen LogP contribution >= 0.6 is 0 Å². The summed E-state index contributed by atoms with van der Waals surface area (Å²) < 4.78 is 0. The second kappa shape index (κ2) is 5.50. The molecule has 0 N–H and O–H groups in total. The third-order valence-corrected chi connectivity index (χ3v) is 3.92. The van der Waals surface area contributed by atoms with Crippen molar-refractivity contribution >= 4 is 17.6 Å². The summed E-state index contributed by atoms with van der Waals surface area (Å²) in [6.07, 6.45) is 3.31. The van der Waals surface area contributed by atoms with Crippen LogP contribution in [-0.4, -0.2) is 53.6 Å². The number of nitrogens with zero attached hydrogens (tertiary/aromatic N) is 2. The van der Waals surface area contributed by atoms with E-state index in [0.29, 0.717) is 31.7 Å². The molecule has 1 aliphatic heterocycles. The van der Waals surface area contributed by atoms with Crippen LogP contribution in [0.5, 0.6) is 0 Å². The van der Waals surface area contributed by atoms with Gasteiger partial charge in [-0.05, 0) is 26.2 Å². The van der Waals surface area contributed by atoms with E-state index in [1.807, 2.05) is 6.92 Å². The van der Waals surface area contributed by atoms with Crippen LogP contribution < -0.4 is 0 Å². The summed E-state index contributed by atoms with van der Waals surface area (Å²) in [5.41, 5.74) is 0. The van der Waals surface area contributed by atoms with E-state index in [-0.39, 0.29) is 30.8 Å². The van der Waals surface area contributed by atoms with Crippen LogP contribution in [0.3, 0.4) is 0 Å². The monoisotopic (exact) mass is 252 g/mol. The molecule has 0 bridgehead atoms. The van der Waals surface area contributed by atoms with E-state index >= 15 is 0 Å². The van der Waals surface area contributed by atoms with Crippen molar-refractivity contribution in [3.05, 3.63) is 0 Å². The Bertz CT molecular complexity index is 367. The topological polar surface area (TPSA) is 57.7 Å². The second-order valence-corrected chi connectivity index (χ2v) is 5.07. The highest BCUT2D eigenvalue weighted by atomic mass is 16.2. The third-order valence-electron chi connectivity index (χ3n) is 3.92. The second-order valence-electron chi connectivity index (χ2n) is 5.07. The van der Waals surface area contributed by atoms with Gasteiger partial charge in [-0.15, -0.1) is 0 Å². The van der Waals surface area contributed by atoms with Gasteiger partial charge in [-0.1, -0.05) is 0 Å². The SMILES string of the molecule is CCN1CC(=O)N(CCC2CCCC2=O)CC1=O. The number of piperazine rings is 1. The molecule has 5 nitrogen and oxygen atoms in total. The number of likely N-dealkylation sites (N-methyl/N-ethyl adjacent to an activating group) is 1. The van der Waals surface area contributed by atoms with Gasteiger partial charge >= 0.3 is 0 Å². The summed E-state index contributed by atoms with van der Waals surface area (Å²) in [6.45, 7) is 3.36. The van der Waals surface area contributed by atoms with Gasteiger partial charge in [0, 0.05) is 25.4 Å². The average molecular weight is 252 g/mol. The number of hydrogen-bond acceptors (Lipinski definition) is 3. The molecule has 0 spiro atoms. The highest BCUT2D eigenvalue weighted by Crippen LogP contribution is 2.24. The minimum Gasteiger partial charge on any atom is -0.332 e. The van der Waals surface area contributed by atoms with Crippen molar-refractivity contribution in [1.82, 2.24) is 9.80 Å². The van der Waals surface area contributed by atoms with Crippen LogP contribution in [0.15, 0.2) is 0 Å². The normalized spacial score (nSPS) is 25.2. The Kier molecular flexibility index (Phi) is 3.99. The van der Waals surface area contributed by atoms with E-state index in [9.17, 15) is 14.4 Å². The van der Waals surface area contributed by atoms with Crippen molar-refractivity contribution < 1.29 is 14.4 Å². The van der Waals surface area contributed by atoms with Gasteiger partial charge < -0.3 is 9.80 Å². The summed E-state index contributed by atoms with van der Waals surface area (Å²) in [6, 6.07) is 0. The lowest BCUT2D eigenvalue weighted by Gasteiger charge is -2.33. The van der Waals surface area contributed by atoms with E-state index in [0.717, 1.165) is 12.8 Å². The summed E-state index contributed by atoms with van der Waals surface area (Å²) in [5.74, 6) is 0.440. The lowest BCUT2D eigenvalue weighted by atomic mass is 10.0. The Morgan fingerprint density at radius 3 is 2.39 bits per heavy atom. The number of amides is 2. The third kappa shape index (κ3) is 2.71. The molecule has 2 rings (SSSR count). The maximum absolute atomic E-state index is 11.8. The zero-order valence-electron chi connectivity index (χ0n) is 10.9. The van der Waals surface area contributed by atoms with Crippen molar-refractivity contribution in [2.24, 2.45) is 5.92 Å². The zero-order chi connectivity index (χ0) is 13.1. The molecule has 100 valence electrons. The number of carbonyl (C=O) groups is 3. The summed E-state index contributed by atoms with van der Waals surface area (Å²) in [5, 5.41) is 0. The molecule has 0 aromatic heterocycles. The number of carbonyl (C=O) groups excluding carboxylic acids is 3. The van der Waals surface area contributed by atoms with Crippen LogP contribution in [0.1, 0.15) is 32.6 Å². The summed E-state index contributed by atoms with van der Waals surface area (Å²) in [4.78, 5) is 38.2. The smallest absolute Gasteiger partial charge is 0.242 e. The highest BCUT2D eigenvalue weighted by molar-refractivity contribution is 5.92. The first-order chi connectivity index (χ1) is 8.61. The quantitative estimate of drug-likeness (QED) is 0.729. The van der Waals surface area contributed by atoms with Crippen LogP contribution in [0, 0.1) is 5.92 Å². The van der Waals surface area contributed by atoms with Gasteiger partial charge in [0.25, 0.3) is 0 Å². The Morgan fingerprint density at radius 2 is 1.78 bits per heavy atom. The van der Waals surface area contributed by atoms with Gasteiger partial charge in [-0.3, -0.25) is 14.4 Å². The number of Topliss-reactive ketones (excluding diaryl/α,β-unsaturated/α-hetero) is 1. The van der Waals surface area contributed by atoms with Gasteiger partial charge in [0.15, 0.2) is 0 Å². The number of hydrogen-bond donors (Lipinski definition) is 0. The lowest BCUT2D eigenvalue weighted by molar-refractivity contribution is -0.150. The molecule has 5 heteroatoms. The van der Waals surface area contributed by atoms with Gasteiger partial charge in [0.05, 0.1) is 13.1 Å². The Balaban J connectivity index is 1.84. The van der Waals surface area contributed by atoms with Crippen molar-refractivity contribution in [1.29, 1.82) is 0 Å². The molecule has 2 fully saturated rings. The molecule has 2 aliphatic rings. The first-order valence-electron chi connectivity index (χ1n) is 6.70. The molecule has 0 aromatic carbocycles. The predicted octanol–water partition coefficient (Wildman–Crippen LogP) is 0.436. The molecular formula is C13H20N2O3. The molecule has 1 heterocycles. The van der Waals surface area contributed by atoms with Crippen molar-refractivity contribution in [3.8, 4) is 0 Å². The largest absolute Gasteiger partial charge is 0.332 e. The molecule has 2 amide bonds. The fraction of sp³-hybridized carbons (Fsp3) is 0.769. The fourth-order valence-corrected chi connectivity index (χ4v) is 2.70. The van der Waals surface area contributed by atoms with Crippen LogP contribution in [-0.2, 0) is 14.4 Å². The summed E-state index contributed by atoms with van der Waals surface area (Å²) in [7, 11) is 0. The van der Waals surface area contributed by atoms with Crippen molar-refractivity contribution in [2.45, 2.75) is 32.6 Å². The molecule has 18 heavy (non-hydrogen) atoms. The highest BCUT2D eigenvalue weighted by Gasteiger charge is 2.30. The minimum atomic E-state index is 0.00176. The minimum absolute atomic E-state index is 0.00176. The number of ketones is 1. The summed E-state index contributed by atoms with van der Waals surface area (Å²) >= 11 is 0. The lowest BCUT2D eigenvalue weighted by Crippen LogP contribution is -2.53. The molecule has 0 aromatic rings.